The molecule has 2 saturated heterocycles. The topological polar surface area (TPSA) is 51.7 Å². The molecule has 0 saturated carbocycles. The van der Waals surface area contributed by atoms with Crippen LogP contribution in [0.5, 0.6) is 0 Å². The molecule has 0 aliphatic carbocycles. The SMILES string of the molecule is O=C(c1ccc(SCc2cccnc2)cc1)N1CCC(C2OCCO2)CC1. The Morgan fingerprint density at radius 1 is 1.11 bits per heavy atom. The van der Waals surface area contributed by atoms with Gasteiger partial charge in [0.15, 0.2) is 6.29 Å². The van der Waals surface area contributed by atoms with Gasteiger partial charge in [-0.25, -0.2) is 0 Å². The van der Waals surface area contributed by atoms with E-state index < -0.39 is 0 Å². The number of hydrogen-bond acceptors (Lipinski definition) is 5. The third-order valence-corrected chi connectivity index (χ3v) is 6.17. The van der Waals surface area contributed by atoms with E-state index in [0.717, 1.165) is 42.1 Å². The highest BCUT2D eigenvalue weighted by Gasteiger charge is 2.31. The van der Waals surface area contributed by atoms with Crippen molar-refractivity contribution in [1.29, 1.82) is 0 Å². The van der Waals surface area contributed by atoms with Gasteiger partial charge < -0.3 is 14.4 Å². The van der Waals surface area contributed by atoms with E-state index in [4.69, 9.17) is 9.47 Å². The lowest BCUT2D eigenvalue weighted by molar-refractivity contribution is -0.0956. The first-order valence-electron chi connectivity index (χ1n) is 9.44. The number of likely N-dealkylation sites (tertiary alicyclic amines) is 1. The molecular formula is C21H24N2O3S. The lowest BCUT2D eigenvalue weighted by atomic mass is 9.95. The van der Waals surface area contributed by atoms with Gasteiger partial charge in [-0.15, -0.1) is 11.8 Å². The summed E-state index contributed by atoms with van der Waals surface area (Å²) >= 11 is 1.75. The predicted octanol–water partition coefficient (Wildman–Crippen LogP) is 3.60. The number of hydrogen-bond donors (Lipinski definition) is 0. The van der Waals surface area contributed by atoms with Crippen LogP contribution in [0.4, 0.5) is 0 Å². The lowest BCUT2D eigenvalue weighted by Crippen LogP contribution is -2.41. The summed E-state index contributed by atoms with van der Waals surface area (Å²) in [6.45, 7) is 2.92. The molecule has 142 valence electrons. The number of nitrogens with zero attached hydrogens (tertiary/aromatic N) is 2. The predicted molar refractivity (Wildman–Crippen MR) is 105 cm³/mol. The summed E-state index contributed by atoms with van der Waals surface area (Å²) < 4.78 is 11.2. The van der Waals surface area contributed by atoms with Gasteiger partial charge >= 0.3 is 0 Å². The molecule has 0 atom stereocenters. The molecule has 4 rings (SSSR count). The Kier molecular flexibility index (Phi) is 6.07. The Hall–Kier alpha value is -1.89. The van der Waals surface area contributed by atoms with Crippen molar-refractivity contribution >= 4 is 17.7 Å². The van der Waals surface area contributed by atoms with Crippen molar-refractivity contribution in [2.45, 2.75) is 29.8 Å². The van der Waals surface area contributed by atoms with Crippen molar-refractivity contribution in [2.24, 2.45) is 5.92 Å². The molecule has 5 nitrogen and oxygen atoms in total. The minimum Gasteiger partial charge on any atom is -0.350 e. The van der Waals surface area contributed by atoms with Crippen LogP contribution in [-0.4, -0.2) is 48.4 Å². The number of pyridine rings is 1. The van der Waals surface area contributed by atoms with Crippen LogP contribution in [0.25, 0.3) is 0 Å². The highest BCUT2D eigenvalue weighted by Crippen LogP contribution is 2.27. The zero-order valence-corrected chi connectivity index (χ0v) is 16.1. The minimum atomic E-state index is -0.0709. The summed E-state index contributed by atoms with van der Waals surface area (Å²) in [7, 11) is 0. The Bertz CT molecular complexity index is 740. The normalized spacial score (nSPS) is 18.7. The van der Waals surface area contributed by atoms with E-state index in [1.807, 2.05) is 41.4 Å². The Morgan fingerprint density at radius 3 is 2.52 bits per heavy atom. The van der Waals surface area contributed by atoms with Crippen LogP contribution in [0.3, 0.4) is 0 Å². The number of thioether (sulfide) groups is 1. The molecular weight excluding hydrogens is 360 g/mol. The van der Waals surface area contributed by atoms with Crippen molar-refractivity contribution < 1.29 is 14.3 Å². The number of carbonyl (C=O) groups excluding carboxylic acids is 1. The standard InChI is InChI=1S/C21H24N2O3S/c24-20(23-10-7-18(8-11-23)21-25-12-13-26-21)17-3-5-19(6-4-17)27-15-16-2-1-9-22-14-16/h1-6,9,14,18,21H,7-8,10-13,15H2. The molecule has 2 aliphatic heterocycles. The highest BCUT2D eigenvalue weighted by molar-refractivity contribution is 7.98. The van der Waals surface area contributed by atoms with Crippen molar-refractivity contribution in [3.63, 3.8) is 0 Å². The second kappa shape index (κ2) is 8.87. The second-order valence-corrected chi connectivity index (χ2v) is 7.96. The lowest BCUT2D eigenvalue weighted by Gasteiger charge is -2.33. The minimum absolute atomic E-state index is 0.0709. The molecule has 2 aromatic rings. The first kappa shape index (κ1) is 18.5. The zero-order valence-electron chi connectivity index (χ0n) is 15.3. The number of benzene rings is 1. The van der Waals surface area contributed by atoms with E-state index in [0.29, 0.717) is 19.1 Å². The fraction of sp³-hybridized carbons (Fsp3) is 0.429. The number of amides is 1. The molecule has 1 aromatic heterocycles. The van der Waals surface area contributed by atoms with Gasteiger partial charge in [-0.05, 0) is 48.7 Å². The molecule has 3 heterocycles. The number of rotatable bonds is 5. The molecule has 0 bridgehead atoms. The summed E-state index contributed by atoms with van der Waals surface area (Å²) in [5.41, 5.74) is 1.95. The Morgan fingerprint density at radius 2 is 1.85 bits per heavy atom. The third-order valence-electron chi connectivity index (χ3n) is 5.09. The van der Waals surface area contributed by atoms with Crippen molar-refractivity contribution in [3.05, 3.63) is 59.9 Å². The molecule has 1 aromatic carbocycles. The Balaban J connectivity index is 1.29. The maximum absolute atomic E-state index is 12.8. The van der Waals surface area contributed by atoms with Gasteiger partial charge in [-0.1, -0.05) is 6.07 Å². The molecule has 2 aliphatic rings. The first-order valence-corrected chi connectivity index (χ1v) is 10.4. The maximum atomic E-state index is 12.8. The number of piperidine rings is 1. The molecule has 0 N–H and O–H groups in total. The molecule has 1 amide bonds. The summed E-state index contributed by atoms with van der Waals surface area (Å²) in [6, 6.07) is 11.9. The van der Waals surface area contributed by atoms with E-state index in [1.165, 1.54) is 5.56 Å². The van der Waals surface area contributed by atoms with Gasteiger partial charge in [0.2, 0.25) is 0 Å². The fourth-order valence-corrected chi connectivity index (χ4v) is 4.38. The second-order valence-electron chi connectivity index (χ2n) is 6.91. The van der Waals surface area contributed by atoms with Gasteiger partial charge in [0.05, 0.1) is 13.2 Å². The van der Waals surface area contributed by atoms with Gasteiger partial charge in [0.25, 0.3) is 5.91 Å². The van der Waals surface area contributed by atoms with Gasteiger partial charge in [0.1, 0.15) is 0 Å². The summed E-state index contributed by atoms with van der Waals surface area (Å²) in [5, 5.41) is 0. The number of aromatic nitrogens is 1. The van der Waals surface area contributed by atoms with Crippen LogP contribution in [0.2, 0.25) is 0 Å². The third kappa shape index (κ3) is 4.69. The molecule has 0 unspecified atom stereocenters. The van der Waals surface area contributed by atoms with E-state index in [9.17, 15) is 4.79 Å². The first-order chi connectivity index (χ1) is 13.3. The van der Waals surface area contributed by atoms with Crippen LogP contribution in [-0.2, 0) is 15.2 Å². The quantitative estimate of drug-likeness (QED) is 0.738. The molecule has 0 radical (unpaired) electrons. The van der Waals surface area contributed by atoms with E-state index >= 15 is 0 Å². The highest BCUT2D eigenvalue weighted by atomic mass is 32.2. The smallest absolute Gasteiger partial charge is 0.253 e. The maximum Gasteiger partial charge on any atom is 0.253 e. The van der Waals surface area contributed by atoms with Gasteiger partial charge in [0, 0.05) is 47.6 Å². The van der Waals surface area contributed by atoms with Crippen LogP contribution in [0.1, 0.15) is 28.8 Å². The van der Waals surface area contributed by atoms with Crippen molar-refractivity contribution in [3.8, 4) is 0 Å². The molecule has 6 heteroatoms. The van der Waals surface area contributed by atoms with E-state index in [-0.39, 0.29) is 12.2 Å². The fourth-order valence-electron chi connectivity index (χ4n) is 3.55. The van der Waals surface area contributed by atoms with E-state index in [1.54, 1.807) is 18.0 Å². The average molecular weight is 385 g/mol. The van der Waals surface area contributed by atoms with Crippen LogP contribution < -0.4 is 0 Å². The van der Waals surface area contributed by atoms with Crippen molar-refractivity contribution in [2.75, 3.05) is 26.3 Å². The Labute approximate surface area is 164 Å². The van der Waals surface area contributed by atoms with Crippen LogP contribution in [0.15, 0.2) is 53.7 Å². The average Bonchev–Trinajstić information content (AvgIpc) is 3.28. The van der Waals surface area contributed by atoms with E-state index in [2.05, 4.69) is 11.1 Å². The van der Waals surface area contributed by atoms with Crippen LogP contribution in [0, 0.1) is 5.92 Å². The number of carbonyl (C=O) groups is 1. The largest absolute Gasteiger partial charge is 0.350 e. The van der Waals surface area contributed by atoms with Crippen molar-refractivity contribution in [1.82, 2.24) is 9.88 Å². The van der Waals surface area contributed by atoms with Gasteiger partial charge in [-0.3, -0.25) is 9.78 Å². The molecule has 0 spiro atoms. The van der Waals surface area contributed by atoms with Crippen LogP contribution >= 0.6 is 11.8 Å². The molecule has 2 fully saturated rings. The zero-order chi connectivity index (χ0) is 18.5. The van der Waals surface area contributed by atoms with Gasteiger partial charge in [-0.2, -0.15) is 0 Å². The summed E-state index contributed by atoms with van der Waals surface area (Å²) in [4.78, 5) is 20.0. The number of ether oxygens (including phenoxy) is 2. The summed E-state index contributed by atoms with van der Waals surface area (Å²) in [6.07, 6.45) is 5.48. The monoisotopic (exact) mass is 384 g/mol. The summed E-state index contributed by atoms with van der Waals surface area (Å²) in [5.74, 6) is 1.40. The molecule has 27 heavy (non-hydrogen) atoms.